The molecule has 0 radical (unpaired) electrons. The average molecular weight is 271 g/mol. The topological polar surface area (TPSA) is 44.2 Å². The van der Waals surface area contributed by atoms with E-state index in [1.54, 1.807) is 6.20 Å². The zero-order chi connectivity index (χ0) is 11.1. The van der Waals surface area contributed by atoms with E-state index in [2.05, 4.69) is 31.8 Å². The van der Waals surface area contributed by atoms with Gasteiger partial charge in [-0.2, -0.15) is 4.98 Å². The fraction of sp³-hybridized carbons (Fsp3) is 0.400. The normalized spacial score (nSPS) is 9.40. The van der Waals surface area contributed by atoms with Gasteiger partial charge in [-0.15, -0.1) is 12.3 Å². The van der Waals surface area contributed by atoms with Gasteiger partial charge in [0.1, 0.15) is 6.61 Å². The molecule has 0 aliphatic heterocycles. The molecule has 4 nitrogen and oxygen atoms in total. The molecule has 0 unspecified atom stereocenters. The highest BCUT2D eigenvalue weighted by atomic mass is 79.9. The molecule has 0 aliphatic carbocycles. The first-order chi connectivity index (χ1) is 7.27. The highest BCUT2D eigenvalue weighted by molar-refractivity contribution is 9.10. The van der Waals surface area contributed by atoms with E-state index in [0.29, 0.717) is 30.0 Å². The van der Waals surface area contributed by atoms with Crippen LogP contribution in [0.5, 0.6) is 11.9 Å². The summed E-state index contributed by atoms with van der Waals surface area (Å²) >= 11 is 3.28. The zero-order valence-electron chi connectivity index (χ0n) is 8.36. The van der Waals surface area contributed by atoms with Crippen molar-refractivity contribution in [3.8, 4) is 24.2 Å². The molecule has 1 heterocycles. The zero-order valence-corrected chi connectivity index (χ0v) is 9.95. The third kappa shape index (κ3) is 3.76. The van der Waals surface area contributed by atoms with Crippen LogP contribution in [0, 0.1) is 12.3 Å². The van der Waals surface area contributed by atoms with Gasteiger partial charge >= 0.3 is 6.01 Å². The van der Waals surface area contributed by atoms with Crippen molar-refractivity contribution >= 4 is 15.9 Å². The largest absolute Gasteiger partial charge is 0.477 e. The summed E-state index contributed by atoms with van der Waals surface area (Å²) in [6, 6.07) is 0.275. The molecule has 0 aliphatic rings. The van der Waals surface area contributed by atoms with E-state index in [4.69, 9.17) is 15.9 Å². The second-order valence-electron chi connectivity index (χ2n) is 2.54. The maximum absolute atomic E-state index is 5.27. The SMILES string of the molecule is C#CCCOc1ncc(Br)c(OCC)n1. The van der Waals surface area contributed by atoms with Crippen LogP contribution >= 0.6 is 15.9 Å². The molecule has 15 heavy (non-hydrogen) atoms. The molecular formula is C10H11BrN2O2. The summed E-state index contributed by atoms with van der Waals surface area (Å²) in [7, 11) is 0. The first-order valence-electron chi connectivity index (χ1n) is 4.49. The van der Waals surface area contributed by atoms with Gasteiger partial charge in [0.05, 0.1) is 17.3 Å². The van der Waals surface area contributed by atoms with E-state index in [1.165, 1.54) is 0 Å². The van der Waals surface area contributed by atoms with Gasteiger partial charge in [0.15, 0.2) is 0 Å². The van der Waals surface area contributed by atoms with E-state index >= 15 is 0 Å². The number of ether oxygens (including phenoxy) is 2. The molecule has 5 heteroatoms. The van der Waals surface area contributed by atoms with Gasteiger partial charge in [0.2, 0.25) is 5.88 Å². The minimum atomic E-state index is 0.275. The van der Waals surface area contributed by atoms with Crippen LogP contribution in [0.2, 0.25) is 0 Å². The minimum Gasteiger partial charge on any atom is -0.477 e. The number of hydrogen-bond acceptors (Lipinski definition) is 4. The van der Waals surface area contributed by atoms with Gasteiger partial charge in [-0.1, -0.05) is 0 Å². The van der Waals surface area contributed by atoms with E-state index < -0.39 is 0 Å². The Balaban J connectivity index is 2.66. The molecular weight excluding hydrogens is 260 g/mol. The summed E-state index contributed by atoms with van der Waals surface area (Å²) in [5.74, 6) is 2.94. The molecule has 1 aromatic rings. The Morgan fingerprint density at radius 2 is 2.33 bits per heavy atom. The maximum Gasteiger partial charge on any atom is 0.319 e. The van der Waals surface area contributed by atoms with Crippen LogP contribution in [-0.2, 0) is 0 Å². The van der Waals surface area contributed by atoms with Crippen LogP contribution < -0.4 is 9.47 Å². The molecule has 0 saturated carbocycles. The molecule has 0 fully saturated rings. The van der Waals surface area contributed by atoms with Crippen molar-refractivity contribution in [1.82, 2.24) is 9.97 Å². The Morgan fingerprint density at radius 1 is 1.53 bits per heavy atom. The Morgan fingerprint density at radius 3 is 3.00 bits per heavy atom. The summed E-state index contributed by atoms with van der Waals surface area (Å²) in [5, 5.41) is 0. The van der Waals surface area contributed by atoms with Crippen molar-refractivity contribution in [3.63, 3.8) is 0 Å². The molecule has 0 spiro atoms. The lowest BCUT2D eigenvalue weighted by Gasteiger charge is -2.06. The number of hydrogen-bond donors (Lipinski definition) is 0. The number of rotatable bonds is 5. The molecule has 1 rings (SSSR count). The smallest absolute Gasteiger partial charge is 0.319 e. The van der Waals surface area contributed by atoms with Gasteiger partial charge in [-0.3, -0.25) is 0 Å². The summed E-state index contributed by atoms with van der Waals surface area (Å²) in [6.07, 6.45) is 7.21. The molecule has 0 amide bonds. The molecule has 1 aromatic heterocycles. The van der Waals surface area contributed by atoms with Crippen molar-refractivity contribution in [3.05, 3.63) is 10.7 Å². The quantitative estimate of drug-likeness (QED) is 0.607. The lowest BCUT2D eigenvalue weighted by molar-refractivity contribution is 0.280. The van der Waals surface area contributed by atoms with Gasteiger partial charge in [-0.25, -0.2) is 4.98 Å². The summed E-state index contributed by atoms with van der Waals surface area (Å²) in [4.78, 5) is 8.03. The fourth-order valence-electron chi connectivity index (χ4n) is 0.845. The monoisotopic (exact) mass is 270 g/mol. The van der Waals surface area contributed by atoms with Crippen LogP contribution in [0.3, 0.4) is 0 Å². The Labute approximate surface area is 97.2 Å². The fourth-order valence-corrected chi connectivity index (χ4v) is 1.15. The highest BCUT2D eigenvalue weighted by Crippen LogP contribution is 2.23. The van der Waals surface area contributed by atoms with Crippen molar-refractivity contribution in [1.29, 1.82) is 0 Å². The predicted octanol–water partition coefficient (Wildman–Crippen LogP) is 2.04. The standard InChI is InChI=1S/C10H11BrN2O2/c1-3-5-6-15-10-12-7-8(11)9(13-10)14-4-2/h1,7H,4-6H2,2H3. The summed E-state index contributed by atoms with van der Waals surface area (Å²) in [5.41, 5.74) is 0. The van der Waals surface area contributed by atoms with Crippen LogP contribution in [0.25, 0.3) is 0 Å². The highest BCUT2D eigenvalue weighted by Gasteiger charge is 2.06. The van der Waals surface area contributed by atoms with Gasteiger partial charge < -0.3 is 9.47 Å². The minimum absolute atomic E-state index is 0.275. The maximum atomic E-state index is 5.27. The van der Waals surface area contributed by atoms with E-state index in [0.717, 1.165) is 0 Å². The number of terminal acetylenes is 1. The lowest BCUT2D eigenvalue weighted by atomic mass is 10.5. The second-order valence-corrected chi connectivity index (χ2v) is 3.40. The number of nitrogens with zero attached hydrogens (tertiary/aromatic N) is 2. The van der Waals surface area contributed by atoms with Crippen LogP contribution in [-0.4, -0.2) is 23.2 Å². The van der Waals surface area contributed by atoms with Crippen LogP contribution in [0.15, 0.2) is 10.7 Å². The summed E-state index contributed by atoms with van der Waals surface area (Å²) < 4.78 is 11.2. The van der Waals surface area contributed by atoms with Gasteiger partial charge in [-0.05, 0) is 22.9 Å². The van der Waals surface area contributed by atoms with Crippen molar-refractivity contribution < 1.29 is 9.47 Å². The first-order valence-corrected chi connectivity index (χ1v) is 5.28. The van der Waals surface area contributed by atoms with Crippen molar-refractivity contribution in [2.75, 3.05) is 13.2 Å². The Hall–Kier alpha value is -1.28. The van der Waals surface area contributed by atoms with Gasteiger partial charge in [0.25, 0.3) is 0 Å². The van der Waals surface area contributed by atoms with Crippen molar-refractivity contribution in [2.24, 2.45) is 0 Å². The van der Waals surface area contributed by atoms with E-state index in [9.17, 15) is 0 Å². The van der Waals surface area contributed by atoms with Crippen LogP contribution in [0.4, 0.5) is 0 Å². The molecule has 0 atom stereocenters. The number of halogens is 1. The van der Waals surface area contributed by atoms with Gasteiger partial charge in [0, 0.05) is 6.42 Å². The third-order valence-electron chi connectivity index (χ3n) is 1.45. The molecule has 0 N–H and O–H groups in total. The summed E-state index contributed by atoms with van der Waals surface area (Å²) in [6.45, 7) is 2.83. The van der Waals surface area contributed by atoms with Crippen LogP contribution in [0.1, 0.15) is 13.3 Å². The van der Waals surface area contributed by atoms with E-state index in [1.807, 2.05) is 6.92 Å². The van der Waals surface area contributed by atoms with E-state index in [-0.39, 0.29) is 6.01 Å². The Bertz CT molecular complexity index is 363. The molecule has 0 bridgehead atoms. The predicted molar refractivity (Wildman–Crippen MR) is 59.8 cm³/mol. The third-order valence-corrected chi connectivity index (χ3v) is 1.99. The molecule has 0 saturated heterocycles. The Kier molecular flexibility index (Phi) is 4.91. The second kappa shape index (κ2) is 6.25. The number of aromatic nitrogens is 2. The lowest BCUT2D eigenvalue weighted by Crippen LogP contribution is -2.03. The molecule has 80 valence electrons. The van der Waals surface area contributed by atoms with Crippen molar-refractivity contribution in [2.45, 2.75) is 13.3 Å². The first kappa shape index (κ1) is 11.8. The molecule has 0 aromatic carbocycles. The average Bonchev–Trinajstić information content (AvgIpc) is 2.23.